The molecule has 0 spiro atoms. The lowest BCUT2D eigenvalue weighted by molar-refractivity contribution is 0.151. The molecule has 7 heteroatoms. The zero-order chi connectivity index (χ0) is 21.7. The fourth-order valence-electron chi connectivity index (χ4n) is 3.87. The Hall–Kier alpha value is -2.67. The van der Waals surface area contributed by atoms with Gasteiger partial charge in [-0.15, -0.1) is 0 Å². The molecule has 2 aromatic heterocycles. The van der Waals surface area contributed by atoms with Crippen LogP contribution in [0.3, 0.4) is 0 Å². The Bertz CT molecular complexity index is 1020. The highest BCUT2D eigenvalue weighted by Gasteiger charge is 2.25. The van der Waals surface area contributed by atoms with Crippen LogP contribution < -0.4 is 10.3 Å². The van der Waals surface area contributed by atoms with E-state index in [0.29, 0.717) is 29.3 Å². The quantitative estimate of drug-likeness (QED) is 0.495. The summed E-state index contributed by atoms with van der Waals surface area (Å²) in [5.41, 5.74) is 1.89. The normalized spacial score (nSPS) is 13.5. The van der Waals surface area contributed by atoms with Crippen molar-refractivity contribution in [1.29, 1.82) is 0 Å². The van der Waals surface area contributed by atoms with Gasteiger partial charge in [-0.05, 0) is 38.0 Å². The summed E-state index contributed by atoms with van der Waals surface area (Å²) < 4.78 is 6.84. The summed E-state index contributed by atoms with van der Waals surface area (Å²) in [5.74, 6) is 1.85. The summed E-state index contributed by atoms with van der Waals surface area (Å²) in [6, 6.07) is 7.68. The Balaban J connectivity index is 1.95. The number of unbranched alkanes of at least 4 members (excludes halogenated alkanes) is 3. The average molecular weight is 413 g/mol. The van der Waals surface area contributed by atoms with Crippen molar-refractivity contribution in [3.05, 3.63) is 57.5 Å². The number of aromatic nitrogens is 4. The van der Waals surface area contributed by atoms with E-state index in [0.717, 1.165) is 37.0 Å². The predicted octanol–water partition coefficient (Wildman–Crippen LogP) is 3.76. The van der Waals surface area contributed by atoms with Gasteiger partial charge in [-0.1, -0.05) is 44.7 Å². The molecule has 30 heavy (non-hydrogen) atoms. The second-order valence-corrected chi connectivity index (χ2v) is 7.94. The van der Waals surface area contributed by atoms with Crippen LogP contribution in [0.2, 0.25) is 0 Å². The molecule has 2 heterocycles. The highest BCUT2D eigenvalue weighted by Crippen LogP contribution is 2.26. The fraction of sp³-hybridized carbons (Fsp3) is 0.522. The molecule has 0 fully saturated rings. The van der Waals surface area contributed by atoms with Crippen LogP contribution in [-0.2, 0) is 6.42 Å². The molecule has 3 aromatic rings. The molecule has 2 N–H and O–H groups in total. The molecular formula is C23H32N4O3. The molecule has 0 radical (unpaired) electrons. The number of nitrogens with zero attached hydrogens (tertiary/aromatic N) is 3. The Morgan fingerprint density at radius 3 is 2.57 bits per heavy atom. The largest absolute Gasteiger partial charge is 0.497 e. The number of H-pyrrole nitrogens is 1. The van der Waals surface area contributed by atoms with Crippen molar-refractivity contribution in [2.45, 2.75) is 71.3 Å². The lowest BCUT2D eigenvalue weighted by atomic mass is 9.95. The van der Waals surface area contributed by atoms with Gasteiger partial charge < -0.3 is 14.8 Å². The summed E-state index contributed by atoms with van der Waals surface area (Å²) >= 11 is 0. The Morgan fingerprint density at radius 2 is 1.93 bits per heavy atom. The van der Waals surface area contributed by atoms with E-state index in [-0.39, 0.29) is 11.5 Å². The Labute approximate surface area is 177 Å². The van der Waals surface area contributed by atoms with Crippen LogP contribution in [0.15, 0.2) is 29.1 Å². The van der Waals surface area contributed by atoms with Crippen LogP contribution in [0, 0.1) is 6.92 Å². The van der Waals surface area contributed by atoms with Crippen molar-refractivity contribution in [3.8, 4) is 5.75 Å². The maximum Gasteiger partial charge on any atom is 0.277 e. The first-order chi connectivity index (χ1) is 14.4. The van der Waals surface area contributed by atoms with Gasteiger partial charge in [-0.3, -0.25) is 4.79 Å². The number of aromatic amines is 1. The fourth-order valence-corrected chi connectivity index (χ4v) is 3.87. The molecule has 0 bridgehead atoms. The lowest BCUT2D eigenvalue weighted by Crippen LogP contribution is -2.22. The summed E-state index contributed by atoms with van der Waals surface area (Å²) in [6.45, 7) is 5.78. The number of hydrogen-bond donors (Lipinski definition) is 2. The summed E-state index contributed by atoms with van der Waals surface area (Å²) in [7, 11) is 1.63. The molecule has 0 aliphatic rings. The average Bonchev–Trinajstić information content (AvgIpc) is 3.04. The van der Waals surface area contributed by atoms with Gasteiger partial charge in [0.1, 0.15) is 17.4 Å². The Kier molecular flexibility index (Phi) is 7.26. The number of aryl methyl sites for hydroxylation is 1. The van der Waals surface area contributed by atoms with Crippen LogP contribution >= 0.6 is 0 Å². The number of hydrogen-bond acceptors (Lipinski definition) is 5. The molecule has 1 aromatic carbocycles. The second kappa shape index (κ2) is 9.89. The van der Waals surface area contributed by atoms with Crippen molar-refractivity contribution < 1.29 is 9.84 Å². The van der Waals surface area contributed by atoms with Crippen molar-refractivity contribution in [2.24, 2.45) is 0 Å². The van der Waals surface area contributed by atoms with E-state index in [1.165, 1.54) is 6.42 Å². The van der Waals surface area contributed by atoms with Gasteiger partial charge in [0.15, 0.2) is 5.52 Å². The number of aliphatic hydroxyl groups excluding tert-OH is 1. The summed E-state index contributed by atoms with van der Waals surface area (Å²) in [6.07, 6.45) is 5.22. The third-order valence-electron chi connectivity index (χ3n) is 5.56. The van der Waals surface area contributed by atoms with Crippen LogP contribution in [0.25, 0.3) is 5.52 Å². The van der Waals surface area contributed by atoms with Crippen molar-refractivity contribution in [2.75, 3.05) is 7.11 Å². The van der Waals surface area contributed by atoms with E-state index in [2.05, 4.69) is 16.9 Å². The second-order valence-electron chi connectivity index (χ2n) is 7.94. The molecule has 7 nitrogen and oxygen atoms in total. The molecular weight excluding hydrogens is 380 g/mol. The monoisotopic (exact) mass is 412 g/mol. The van der Waals surface area contributed by atoms with Crippen LogP contribution in [-0.4, -0.2) is 37.9 Å². The van der Waals surface area contributed by atoms with Gasteiger partial charge in [-0.25, -0.2) is 9.50 Å². The minimum Gasteiger partial charge on any atom is -0.497 e. The first-order valence-corrected chi connectivity index (χ1v) is 10.7. The van der Waals surface area contributed by atoms with E-state index < -0.39 is 6.10 Å². The number of methoxy groups -OCH3 is 1. The highest BCUT2D eigenvalue weighted by atomic mass is 16.5. The number of ether oxygens (including phenoxy) is 1. The van der Waals surface area contributed by atoms with Crippen LogP contribution in [0.4, 0.5) is 0 Å². The first-order valence-electron chi connectivity index (χ1n) is 10.7. The molecule has 2 atom stereocenters. The summed E-state index contributed by atoms with van der Waals surface area (Å²) in [5, 5.41) is 15.1. The third kappa shape index (κ3) is 4.90. The molecule has 0 aliphatic heterocycles. The molecule has 2 unspecified atom stereocenters. The van der Waals surface area contributed by atoms with Gasteiger partial charge >= 0.3 is 0 Å². The Morgan fingerprint density at radius 1 is 1.20 bits per heavy atom. The topological polar surface area (TPSA) is 92.5 Å². The van der Waals surface area contributed by atoms with Crippen molar-refractivity contribution >= 4 is 5.52 Å². The zero-order valence-corrected chi connectivity index (χ0v) is 18.3. The standard InChI is InChI=1S/C23H32N4O3/c1-5-6-7-8-9-19(16(3)28)22-24-15(2)21-23(29)25-20(26-27(21)22)14-17-10-12-18(30-4)13-11-17/h10-13,16,19,28H,5-9,14H2,1-4H3,(H,25,26,29). The van der Waals surface area contributed by atoms with Gasteiger partial charge in [-0.2, -0.15) is 5.10 Å². The number of fused-ring (bicyclic) bond motifs is 1. The van der Waals surface area contributed by atoms with E-state index >= 15 is 0 Å². The van der Waals surface area contributed by atoms with Gasteiger partial charge in [0, 0.05) is 12.3 Å². The van der Waals surface area contributed by atoms with E-state index in [4.69, 9.17) is 9.84 Å². The van der Waals surface area contributed by atoms with Gasteiger partial charge in [0.25, 0.3) is 5.56 Å². The van der Waals surface area contributed by atoms with Crippen molar-refractivity contribution in [1.82, 2.24) is 19.6 Å². The number of aliphatic hydroxyl groups is 1. The predicted molar refractivity (Wildman–Crippen MR) is 117 cm³/mol. The summed E-state index contributed by atoms with van der Waals surface area (Å²) in [4.78, 5) is 20.3. The number of nitrogens with one attached hydrogen (secondary N) is 1. The van der Waals surface area contributed by atoms with E-state index in [1.54, 1.807) is 18.5 Å². The third-order valence-corrected chi connectivity index (χ3v) is 5.56. The lowest BCUT2D eigenvalue weighted by Gasteiger charge is -2.18. The molecule has 0 aliphatic carbocycles. The maximum atomic E-state index is 12.8. The van der Waals surface area contributed by atoms with Crippen LogP contribution in [0.1, 0.15) is 74.8 Å². The number of benzene rings is 1. The highest BCUT2D eigenvalue weighted by molar-refractivity contribution is 5.50. The number of rotatable bonds is 10. The van der Waals surface area contributed by atoms with Crippen LogP contribution in [0.5, 0.6) is 5.75 Å². The smallest absolute Gasteiger partial charge is 0.277 e. The molecule has 3 rings (SSSR count). The zero-order valence-electron chi connectivity index (χ0n) is 18.3. The molecule has 162 valence electrons. The minimum atomic E-state index is -0.567. The van der Waals surface area contributed by atoms with Crippen molar-refractivity contribution in [3.63, 3.8) is 0 Å². The minimum absolute atomic E-state index is 0.161. The SMILES string of the molecule is CCCCCCC(c1nc(C)c2c(=O)[nH]c(Cc3ccc(OC)cc3)nn12)C(C)O. The van der Waals surface area contributed by atoms with Gasteiger partial charge in [0.2, 0.25) is 0 Å². The maximum absolute atomic E-state index is 12.8. The first kappa shape index (κ1) is 22.0. The number of imidazole rings is 1. The molecule has 0 amide bonds. The van der Waals surface area contributed by atoms with E-state index in [1.807, 2.05) is 31.2 Å². The van der Waals surface area contributed by atoms with Gasteiger partial charge in [0.05, 0.1) is 18.9 Å². The van der Waals surface area contributed by atoms with E-state index in [9.17, 15) is 9.90 Å². The molecule has 0 saturated heterocycles. The molecule has 0 saturated carbocycles.